The number of benzene rings is 1. The molecule has 2 fully saturated rings. The van der Waals surface area contributed by atoms with Crippen molar-refractivity contribution in [3.05, 3.63) is 51.8 Å². The van der Waals surface area contributed by atoms with E-state index in [-0.39, 0.29) is 6.04 Å². The number of piperidine rings is 1. The lowest BCUT2D eigenvalue weighted by Gasteiger charge is -2.35. The molecule has 3 N–H and O–H groups in total. The van der Waals surface area contributed by atoms with Crippen molar-refractivity contribution in [2.24, 2.45) is 0 Å². The summed E-state index contributed by atoms with van der Waals surface area (Å²) < 4.78 is 0. The molecule has 2 aromatic heterocycles. The number of aromatic nitrogens is 4. The number of hydrogen-bond acceptors (Lipinski definition) is 7. The minimum absolute atomic E-state index is 0.0695. The van der Waals surface area contributed by atoms with Crippen LogP contribution in [0.15, 0.2) is 24.4 Å². The van der Waals surface area contributed by atoms with Crippen molar-refractivity contribution >= 4 is 40.8 Å². The molecule has 0 unspecified atom stereocenters. The summed E-state index contributed by atoms with van der Waals surface area (Å²) in [5.41, 5.74) is 5.62. The Hall–Kier alpha value is -3.17. The molecule has 0 spiro atoms. The molecule has 1 aromatic carbocycles. The highest BCUT2D eigenvalue weighted by Gasteiger charge is 2.33. The normalized spacial score (nSPS) is 18.8. The van der Waals surface area contributed by atoms with Gasteiger partial charge in [-0.15, -0.1) is 0 Å². The summed E-state index contributed by atoms with van der Waals surface area (Å²) in [5.74, 6) is 2.35. The maximum absolute atomic E-state index is 13.0. The van der Waals surface area contributed by atoms with Crippen molar-refractivity contribution in [2.45, 2.75) is 58.4 Å². The van der Waals surface area contributed by atoms with Crippen LogP contribution in [0.1, 0.15) is 54.0 Å². The molecule has 2 aliphatic rings. The van der Waals surface area contributed by atoms with E-state index in [9.17, 15) is 4.79 Å². The number of nitrogens with zero attached hydrogens (tertiary/aromatic N) is 5. The number of rotatable bonds is 6. The summed E-state index contributed by atoms with van der Waals surface area (Å²) in [6.45, 7) is 8.86. The Kier molecular flexibility index (Phi) is 7.35. The van der Waals surface area contributed by atoms with Gasteiger partial charge >= 0.3 is 0 Å². The van der Waals surface area contributed by atoms with Crippen LogP contribution in [0.5, 0.6) is 0 Å². The highest BCUT2D eigenvalue weighted by molar-refractivity contribution is 6.32. The number of halogens is 1. The van der Waals surface area contributed by atoms with Crippen molar-refractivity contribution in [2.75, 3.05) is 37.3 Å². The van der Waals surface area contributed by atoms with Gasteiger partial charge in [0.2, 0.25) is 11.9 Å². The molecular weight excluding hydrogens is 488 g/mol. The van der Waals surface area contributed by atoms with Crippen LogP contribution in [-0.2, 0) is 4.79 Å². The van der Waals surface area contributed by atoms with Crippen molar-refractivity contribution in [1.82, 2.24) is 30.0 Å². The van der Waals surface area contributed by atoms with E-state index in [2.05, 4.69) is 73.6 Å². The van der Waals surface area contributed by atoms with Gasteiger partial charge < -0.3 is 15.5 Å². The fourth-order valence-corrected chi connectivity index (χ4v) is 5.63. The SMILES string of the molecule is Cc1cc(Nc2nc(Nc3cc(C)c(C4CCN(C(=O)[C@@H]5CCCN5C)CC4)cc3C)ncc2Cl)n[nH]1. The van der Waals surface area contributed by atoms with E-state index in [4.69, 9.17) is 11.6 Å². The molecule has 9 nitrogen and oxygen atoms in total. The molecule has 2 aliphatic heterocycles. The number of likely N-dealkylation sites (tertiary alicyclic amines) is 2. The molecule has 4 heterocycles. The van der Waals surface area contributed by atoms with Gasteiger partial charge in [-0.05, 0) is 88.7 Å². The molecule has 0 radical (unpaired) electrons. The van der Waals surface area contributed by atoms with Crippen LogP contribution in [0.25, 0.3) is 0 Å². The number of carbonyl (C=O) groups is 1. The van der Waals surface area contributed by atoms with Crippen LogP contribution in [0.3, 0.4) is 0 Å². The smallest absolute Gasteiger partial charge is 0.239 e. The highest BCUT2D eigenvalue weighted by atomic mass is 35.5. The Balaban J connectivity index is 1.25. The summed E-state index contributed by atoms with van der Waals surface area (Å²) in [5, 5.41) is 14.0. The molecule has 0 bridgehead atoms. The van der Waals surface area contributed by atoms with Gasteiger partial charge in [-0.1, -0.05) is 17.7 Å². The molecule has 37 heavy (non-hydrogen) atoms. The quantitative estimate of drug-likeness (QED) is 0.415. The summed E-state index contributed by atoms with van der Waals surface area (Å²) in [6.07, 6.45) is 5.67. The van der Waals surface area contributed by atoms with Crippen LogP contribution in [0, 0.1) is 20.8 Å². The fraction of sp³-hybridized carbons (Fsp3) is 0.481. The molecule has 1 atom stereocenters. The van der Waals surface area contributed by atoms with Gasteiger partial charge in [0.25, 0.3) is 0 Å². The average molecular weight is 523 g/mol. The van der Waals surface area contributed by atoms with E-state index in [1.165, 1.54) is 11.1 Å². The Morgan fingerprint density at radius 2 is 1.84 bits per heavy atom. The minimum atomic E-state index is 0.0695. The summed E-state index contributed by atoms with van der Waals surface area (Å²) in [4.78, 5) is 26.2. The highest BCUT2D eigenvalue weighted by Crippen LogP contribution is 2.35. The second-order valence-corrected chi connectivity index (χ2v) is 10.7. The van der Waals surface area contributed by atoms with Gasteiger partial charge in [-0.2, -0.15) is 10.1 Å². The minimum Gasteiger partial charge on any atom is -0.341 e. The first-order valence-electron chi connectivity index (χ1n) is 13.0. The second-order valence-electron chi connectivity index (χ2n) is 10.3. The Labute approximate surface area is 223 Å². The van der Waals surface area contributed by atoms with Crippen LogP contribution in [0.2, 0.25) is 5.02 Å². The summed E-state index contributed by atoms with van der Waals surface area (Å²) in [7, 11) is 2.07. The van der Waals surface area contributed by atoms with Crippen LogP contribution < -0.4 is 10.6 Å². The number of anilines is 4. The molecule has 2 saturated heterocycles. The van der Waals surface area contributed by atoms with E-state index in [1.54, 1.807) is 6.20 Å². The second kappa shape index (κ2) is 10.7. The standard InChI is InChI=1S/C27H35ClN8O/c1-16-13-22(30-27-29-15-21(28)25(32-27)31-24-14-18(3)33-34-24)17(2)12-20(16)19-7-10-36(11-8-19)26(37)23-6-5-9-35(23)4/h12-15,19,23H,5-11H2,1-4H3,(H3,29,30,31,32,33,34)/t23-/m0/s1. The molecule has 5 rings (SSSR count). The van der Waals surface area contributed by atoms with Crippen LogP contribution in [0.4, 0.5) is 23.3 Å². The predicted molar refractivity (Wildman–Crippen MR) is 147 cm³/mol. The van der Waals surface area contributed by atoms with E-state index in [1.807, 2.05) is 13.0 Å². The van der Waals surface area contributed by atoms with Crippen LogP contribution >= 0.6 is 11.6 Å². The molecule has 1 amide bonds. The fourth-order valence-electron chi connectivity index (χ4n) is 5.50. The number of aryl methyl sites for hydroxylation is 3. The Morgan fingerprint density at radius 3 is 2.51 bits per heavy atom. The monoisotopic (exact) mass is 522 g/mol. The van der Waals surface area contributed by atoms with Crippen molar-refractivity contribution in [3.8, 4) is 0 Å². The zero-order valence-corrected chi connectivity index (χ0v) is 22.7. The number of carbonyl (C=O) groups excluding carboxylic acids is 1. The zero-order valence-electron chi connectivity index (χ0n) is 21.9. The van der Waals surface area contributed by atoms with E-state index >= 15 is 0 Å². The van der Waals surface area contributed by atoms with Gasteiger partial charge in [0.15, 0.2) is 11.6 Å². The zero-order chi connectivity index (χ0) is 26.1. The molecule has 0 saturated carbocycles. The van der Waals surface area contributed by atoms with Crippen molar-refractivity contribution in [3.63, 3.8) is 0 Å². The Bertz CT molecular complexity index is 1280. The average Bonchev–Trinajstić information content (AvgIpc) is 3.50. The third-order valence-electron chi connectivity index (χ3n) is 7.61. The van der Waals surface area contributed by atoms with Gasteiger partial charge in [-0.25, -0.2) is 4.98 Å². The lowest BCUT2D eigenvalue weighted by atomic mass is 9.85. The topological polar surface area (TPSA) is 102 Å². The lowest BCUT2D eigenvalue weighted by molar-refractivity contribution is -0.136. The molecule has 196 valence electrons. The molecular formula is C27H35ClN8O. The number of aromatic amines is 1. The maximum Gasteiger partial charge on any atom is 0.239 e. The first kappa shape index (κ1) is 25.5. The Morgan fingerprint density at radius 1 is 1.05 bits per heavy atom. The lowest BCUT2D eigenvalue weighted by Crippen LogP contribution is -2.47. The molecule has 0 aliphatic carbocycles. The third-order valence-corrected chi connectivity index (χ3v) is 7.88. The summed E-state index contributed by atoms with van der Waals surface area (Å²) >= 11 is 6.31. The van der Waals surface area contributed by atoms with Gasteiger partial charge in [0, 0.05) is 30.5 Å². The molecule has 10 heteroatoms. The summed E-state index contributed by atoms with van der Waals surface area (Å²) in [6, 6.07) is 6.38. The largest absolute Gasteiger partial charge is 0.341 e. The van der Waals surface area contributed by atoms with E-state index in [0.717, 1.165) is 62.3 Å². The number of nitrogens with one attached hydrogen (secondary N) is 3. The van der Waals surface area contributed by atoms with E-state index in [0.29, 0.717) is 34.4 Å². The molecule has 3 aromatic rings. The van der Waals surface area contributed by atoms with Gasteiger partial charge in [-0.3, -0.25) is 14.8 Å². The maximum atomic E-state index is 13.0. The van der Waals surface area contributed by atoms with Gasteiger partial charge in [0.05, 0.1) is 12.2 Å². The van der Waals surface area contributed by atoms with E-state index < -0.39 is 0 Å². The third kappa shape index (κ3) is 5.57. The van der Waals surface area contributed by atoms with Crippen molar-refractivity contribution in [1.29, 1.82) is 0 Å². The van der Waals surface area contributed by atoms with Crippen LogP contribution in [-0.4, -0.2) is 68.6 Å². The van der Waals surface area contributed by atoms with Crippen molar-refractivity contribution < 1.29 is 4.79 Å². The number of hydrogen-bond donors (Lipinski definition) is 3. The van der Waals surface area contributed by atoms with Gasteiger partial charge in [0.1, 0.15) is 5.02 Å². The first-order chi connectivity index (χ1) is 17.8. The predicted octanol–water partition coefficient (Wildman–Crippen LogP) is 5.07. The number of amides is 1. The number of H-pyrrole nitrogens is 1. The first-order valence-corrected chi connectivity index (χ1v) is 13.3. The number of likely N-dealkylation sites (N-methyl/N-ethyl adjacent to an activating group) is 1.